The highest BCUT2D eigenvalue weighted by Crippen LogP contribution is 2.31. The number of amides is 2. The van der Waals surface area contributed by atoms with E-state index >= 15 is 0 Å². The van der Waals surface area contributed by atoms with Gasteiger partial charge in [0.15, 0.2) is 0 Å². The minimum atomic E-state index is -0.485. The third-order valence-corrected chi connectivity index (χ3v) is 3.18. The average molecular weight is 265 g/mol. The Labute approximate surface area is 108 Å². The molecule has 2 heterocycles. The second kappa shape index (κ2) is 4.03. The number of ether oxygens (including phenoxy) is 1. The Morgan fingerprint density at radius 3 is 2.67 bits per heavy atom. The van der Waals surface area contributed by atoms with E-state index < -0.39 is 12.0 Å². The van der Waals surface area contributed by atoms with Crippen LogP contribution in [-0.4, -0.2) is 18.6 Å². The smallest absolute Gasteiger partial charge is 0.338 e. The summed E-state index contributed by atoms with van der Waals surface area (Å²) in [4.78, 5) is 23.2. The Kier molecular flexibility index (Phi) is 2.48. The molecule has 0 aromatic heterocycles. The summed E-state index contributed by atoms with van der Waals surface area (Å²) in [6.07, 6.45) is 0. The van der Waals surface area contributed by atoms with E-state index in [2.05, 4.69) is 10.6 Å². The number of esters is 1. The Morgan fingerprint density at radius 2 is 1.94 bits per heavy atom. The number of halogens is 1. The second-order valence-corrected chi connectivity index (χ2v) is 4.49. The van der Waals surface area contributed by atoms with Crippen LogP contribution in [0.1, 0.15) is 11.6 Å². The van der Waals surface area contributed by atoms with Gasteiger partial charge in [0, 0.05) is 5.02 Å². The lowest BCUT2D eigenvalue weighted by molar-refractivity contribution is -0.136. The predicted octanol–water partition coefficient (Wildman–Crippen LogP) is 1.50. The van der Waals surface area contributed by atoms with Crippen LogP contribution in [0.25, 0.3) is 0 Å². The highest BCUT2D eigenvalue weighted by atomic mass is 35.5. The molecule has 0 bridgehead atoms. The molecule has 6 heteroatoms. The van der Waals surface area contributed by atoms with Crippen molar-refractivity contribution < 1.29 is 14.3 Å². The Hall–Kier alpha value is -2.01. The van der Waals surface area contributed by atoms with Crippen molar-refractivity contribution >= 4 is 23.6 Å². The minimum Gasteiger partial charge on any atom is -0.456 e. The van der Waals surface area contributed by atoms with Gasteiger partial charge in [0.25, 0.3) is 0 Å². The van der Waals surface area contributed by atoms with Gasteiger partial charge in [-0.1, -0.05) is 23.7 Å². The van der Waals surface area contributed by atoms with Crippen molar-refractivity contribution in [2.24, 2.45) is 0 Å². The van der Waals surface area contributed by atoms with Gasteiger partial charge in [0.2, 0.25) is 0 Å². The molecule has 5 nitrogen and oxygen atoms in total. The maximum absolute atomic E-state index is 11.7. The van der Waals surface area contributed by atoms with Crippen molar-refractivity contribution in [3.63, 3.8) is 0 Å². The van der Waals surface area contributed by atoms with Crippen molar-refractivity contribution in [2.75, 3.05) is 6.61 Å². The molecule has 1 aromatic carbocycles. The fourth-order valence-electron chi connectivity index (χ4n) is 2.09. The molecule has 0 unspecified atom stereocenters. The van der Waals surface area contributed by atoms with E-state index in [4.69, 9.17) is 16.3 Å². The topological polar surface area (TPSA) is 67.4 Å². The summed E-state index contributed by atoms with van der Waals surface area (Å²) < 4.78 is 4.93. The SMILES string of the molecule is O=C1NC2=C(C(=O)OC2)[C@@H](c2ccc(Cl)cc2)N1. The molecular weight excluding hydrogens is 256 g/mol. The van der Waals surface area contributed by atoms with Crippen molar-refractivity contribution in [1.82, 2.24) is 10.6 Å². The van der Waals surface area contributed by atoms with Crippen LogP contribution in [0.5, 0.6) is 0 Å². The lowest BCUT2D eigenvalue weighted by Crippen LogP contribution is -2.44. The van der Waals surface area contributed by atoms with Crippen LogP contribution < -0.4 is 10.6 Å². The lowest BCUT2D eigenvalue weighted by atomic mass is 9.96. The molecular formula is C12H9ClN2O3. The van der Waals surface area contributed by atoms with Gasteiger partial charge in [-0.3, -0.25) is 0 Å². The van der Waals surface area contributed by atoms with E-state index in [1.165, 1.54) is 0 Å². The molecule has 2 aliphatic rings. The van der Waals surface area contributed by atoms with Gasteiger partial charge in [0.1, 0.15) is 6.61 Å². The van der Waals surface area contributed by atoms with Crippen molar-refractivity contribution in [3.8, 4) is 0 Å². The van der Waals surface area contributed by atoms with E-state index in [1.54, 1.807) is 24.3 Å². The van der Waals surface area contributed by atoms with Gasteiger partial charge >= 0.3 is 12.0 Å². The monoisotopic (exact) mass is 264 g/mol. The largest absolute Gasteiger partial charge is 0.456 e. The lowest BCUT2D eigenvalue weighted by Gasteiger charge is -2.24. The standard InChI is InChI=1S/C12H9ClN2O3/c13-7-3-1-6(2-4-7)10-9-8(5-18-11(9)16)14-12(17)15-10/h1-4,10H,5H2,(H2,14,15,17)/t10-/m1/s1. The van der Waals surface area contributed by atoms with E-state index in [0.29, 0.717) is 16.3 Å². The summed E-state index contributed by atoms with van der Waals surface area (Å²) in [7, 11) is 0. The molecule has 0 spiro atoms. The summed E-state index contributed by atoms with van der Waals surface area (Å²) in [5.41, 5.74) is 1.78. The number of nitrogens with one attached hydrogen (secondary N) is 2. The molecule has 2 aliphatic heterocycles. The van der Waals surface area contributed by atoms with Gasteiger partial charge in [-0.15, -0.1) is 0 Å². The molecule has 0 radical (unpaired) electrons. The molecule has 0 saturated carbocycles. The summed E-state index contributed by atoms with van der Waals surface area (Å²) in [5.74, 6) is -0.405. The summed E-state index contributed by atoms with van der Waals surface area (Å²) in [6, 6.07) is 6.15. The number of hydrogen-bond donors (Lipinski definition) is 2. The fraction of sp³-hybridized carbons (Fsp3) is 0.167. The molecule has 0 saturated heterocycles. The molecule has 0 aliphatic carbocycles. The first-order valence-corrected chi connectivity index (χ1v) is 5.76. The molecule has 0 fully saturated rings. The predicted molar refractivity (Wildman–Crippen MR) is 63.8 cm³/mol. The summed E-state index contributed by atoms with van der Waals surface area (Å²) >= 11 is 5.82. The number of urea groups is 1. The second-order valence-electron chi connectivity index (χ2n) is 4.05. The minimum absolute atomic E-state index is 0.117. The first kappa shape index (κ1) is 11.1. The zero-order chi connectivity index (χ0) is 12.7. The summed E-state index contributed by atoms with van der Waals surface area (Å²) in [6.45, 7) is 0.117. The number of cyclic esters (lactones) is 1. The normalized spacial score (nSPS) is 22.2. The summed E-state index contributed by atoms with van der Waals surface area (Å²) in [5, 5.41) is 5.88. The quantitative estimate of drug-likeness (QED) is 0.756. The maximum Gasteiger partial charge on any atom is 0.338 e. The number of rotatable bonds is 1. The zero-order valence-electron chi connectivity index (χ0n) is 9.20. The Balaban J connectivity index is 2.04. The van der Waals surface area contributed by atoms with Gasteiger partial charge in [-0.2, -0.15) is 0 Å². The van der Waals surface area contributed by atoms with Gasteiger partial charge in [0.05, 0.1) is 17.3 Å². The zero-order valence-corrected chi connectivity index (χ0v) is 9.95. The van der Waals surface area contributed by atoms with Crippen LogP contribution >= 0.6 is 11.6 Å². The van der Waals surface area contributed by atoms with Crippen LogP contribution in [0.15, 0.2) is 35.5 Å². The molecule has 2 N–H and O–H groups in total. The molecule has 18 heavy (non-hydrogen) atoms. The molecule has 92 valence electrons. The third-order valence-electron chi connectivity index (χ3n) is 2.92. The highest BCUT2D eigenvalue weighted by molar-refractivity contribution is 6.30. The average Bonchev–Trinajstić information content (AvgIpc) is 2.71. The van der Waals surface area contributed by atoms with Crippen LogP contribution in [0.3, 0.4) is 0 Å². The first-order valence-electron chi connectivity index (χ1n) is 5.38. The van der Waals surface area contributed by atoms with Crippen LogP contribution in [0.2, 0.25) is 5.02 Å². The van der Waals surface area contributed by atoms with E-state index in [-0.39, 0.29) is 12.6 Å². The highest BCUT2D eigenvalue weighted by Gasteiger charge is 2.37. The van der Waals surface area contributed by atoms with E-state index in [9.17, 15) is 9.59 Å². The van der Waals surface area contributed by atoms with Gasteiger partial charge in [-0.05, 0) is 17.7 Å². The van der Waals surface area contributed by atoms with E-state index in [0.717, 1.165) is 5.56 Å². The van der Waals surface area contributed by atoms with Crippen molar-refractivity contribution in [3.05, 3.63) is 46.1 Å². The fourth-order valence-corrected chi connectivity index (χ4v) is 2.22. The van der Waals surface area contributed by atoms with E-state index in [1.807, 2.05) is 0 Å². The van der Waals surface area contributed by atoms with Crippen LogP contribution in [-0.2, 0) is 9.53 Å². The number of carbonyl (C=O) groups is 2. The number of hydrogen-bond acceptors (Lipinski definition) is 3. The molecule has 1 aromatic rings. The Bertz CT molecular complexity index is 565. The van der Waals surface area contributed by atoms with Crippen LogP contribution in [0.4, 0.5) is 4.79 Å². The first-order chi connectivity index (χ1) is 8.65. The van der Waals surface area contributed by atoms with Gasteiger partial charge < -0.3 is 15.4 Å². The molecule has 3 rings (SSSR count). The molecule has 1 atom stereocenters. The van der Waals surface area contributed by atoms with Crippen molar-refractivity contribution in [2.45, 2.75) is 6.04 Å². The number of benzene rings is 1. The number of carbonyl (C=O) groups excluding carboxylic acids is 2. The molecule has 2 amide bonds. The van der Waals surface area contributed by atoms with Crippen LogP contribution in [0, 0.1) is 0 Å². The maximum atomic E-state index is 11.7. The third kappa shape index (κ3) is 1.73. The van der Waals surface area contributed by atoms with Gasteiger partial charge in [-0.25, -0.2) is 9.59 Å². The Morgan fingerprint density at radius 1 is 1.22 bits per heavy atom. The van der Waals surface area contributed by atoms with Crippen molar-refractivity contribution in [1.29, 1.82) is 0 Å².